The molecular formula is C20H24N4O3. The second-order valence-electron chi connectivity index (χ2n) is 6.80. The van der Waals surface area contributed by atoms with Gasteiger partial charge in [0.25, 0.3) is 5.91 Å². The van der Waals surface area contributed by atoms with Crippen LogP contribution in [0.15, 0.2) is 36.5 Å². The summed E-state index contributed by atoms with van der Waals surface area (Å²) >= 11 is 0. The Labute approximate surface area is 158 Å². The fourth-order valence-electron chi connectivity index (χ4n) is 3.14. The third kappa shape index (κ3) is 4.62. The van der Waals surface area contributed by atoms with Gasteiger partial charge in [0.2, 0.25) is 5.91 Å². The number of nitrogens with zero attached hydrogens (tertiary/aromatic N) is 1. The number of ether oxygens (including phenoxy) is 1. The van der Waals surface area contributed by atoms with E-state index in [1.807, 2.05) is 19.1 Å². The first-order chi connectivity index (χ1) is 13.0. The highest BCUT2D eigenvalue weighted by Crippen LogP contribution is 2.30. The summed E-state index contributed by atoms with van der Waals surface area (Å²) in [5, 5.41) is 5.48. The van der Waals surface area contributed by atoms with Crippen molar-refractivity contribution in [2.75, 3.05) is 12.4 Å². The molecule has 1 aliphatic rings. The number of pyridine rings is 1. The summed E-state index contributed by atoms with van der Waals surface area (Å²) in [6.45, 7) is 1.91. The molecule has 0 aliphatic heterocycles. The van der Waals surface area contributed by atoms with Crippen LogP contribution >= 0.6 is 0 Å². The Hall–Kier alpha value is -2.93. The number of benzene rings is 1. The smallest absolute Gasteiger partial charge is 0.269 e. The molecule has 4 N–H and O–H groups in total. The van der Waals surface area contributed by atoms with E-state index in [9.17, 15) is 9.59 Å². The minimum Gasteiger partial charge on any atom is -0.457 e. The van der Waals surface area contributed by atoms with Crippen LogP contribution in [0.25, 0.3) is 0 Å². The number of amides is 2. The van der Waals surface area contributed by atoms with Crippen molar-refractivity contribution in [2.45, 2.75) is 32.2 Å². The van der Waals surface area contributed by atoms with Gasteiger partial charge in [0, 0.05) is 43.0 Å². The van der Waals surface area contributed by atoms with Gasteiger partial charge in [-0.15, -0.1) is 0 Å². The van der Waals surface area contributed by atoms with E-state index in [4.69, 9.17) is 10.5 Å². The predicted octanol–water partition coefficient (Wildman–Crippen LogP) is 2.61. The van der Waals surface area contributed by atoms with Gasteiger partial charge in [-0.1, -0.05) is 6.07 Å². The van der Waals surface area contributed by atoms with Crippen molar-refractivity contribution in [3.8, 4) is 11.5 Å². The lowest BCUT2D eigenvalue weighted by Crippen LogP contribution is -2.23. The van der Waals surface area contributed by atoms with Crippen LogP contribution in [0.2, 0.25) is 0 Å². The summed E-state index contributed by atoms with van der Waals surface area (Å²) in [5.41, 5.74) is 7.75. The molecule has 1 heterocycles. The van der Waals surface area contributed by atoms with E-state index in [0.717, 1.165) is 24.8 Å². The van der Waals surface area contributed by atoms with E-state index < -0.39 is 0 Å². The van der Waals surface area contributed by atoms with Crippen molar-refractivity contribution in [3.05, 3.63) is 47.8 Å². The number of carbonyl (C=O) groups is 2. The van der Waals surface area contributed by atoms with E-state index in [0.29, 0.717) is 17.2 Å². The molecule has 0 spiro atoms. The number of hydrogen-bond donors (Lipinski definition) is 3. The fraction of sp³-hybridized carbons (Fsp3) is 0.350. The summed E-state index contributed by atoms with van der Waals surface area (Å²) in [6, 6.07) is 8.87. The largest absolute Gasteiger partial charge is 0.457 e. The normalized spacial score (nSPS) is 18.8. The van der Waals surface area contributed by atoms with Crippen molar-refractivity contribution in [3.63, 3.8) is 0 Å². The van der Waals surface area contributed by atoms with Gasteiger partial charge in [-0.2, -0.15) is 0 Å². The second kappa shape index (κ2) is 8.18. The van der Waals surface area contributed by atoms with Crippen LogP contribution in [0.1, 0.15) is 35.3 Å². The molecule has 0 saturated heterocycles. The molecule has 2 amide bonds. The lowest BCUT2D eigenvalue weighted by atomic mass is 10.1. The highest BCUT2D eigenvalue weighted by Gasteiger charge is 2.27. The number of anilines is 1. The highest BCUT2D eigenvalue weighted by molar-refractivity contribution is 5.93. The van der Waals surface area contributed by atoms with E-state index in [1.54, 1.807) is 25.2 Å². The van der Waals surface area contributed by atoms with E-state index >= 15 is 0 Å². The second-order valence-corrected chi connectivity index (χ2v) is 6.80. The van der Waals surface area contributed by atoms with Crippen LogP contribution in [-0.4, -0.2) is 29.9 Å². The lowest BCUT2D eigenvalue weighted by molar-refractivity contribution is -0.119. The Morgan fingerprint density at radius 2 is 2.04 bits per heavy atom. The molecular weight excluding hydrogens is 344 g/mol. The molecule has 27 heavy (non-hydrogen) atoms. The van der Waals surface area contributed by atoms with Gasteiger partial charge >= 0.3 is 0 Å². The SMILES string of the molecule is CNC(=O)c1cc(Oc2cc(NC(=O)C3CCC(N)C3)ccc2C)ccn1. The number of hydrogen-bond acceptors (Lipinski definition) is 5. The molecule has 7 nitrogen and oxygen atoms in total. The quantitative estimate of drug-likeness (QED) is 0.752. The van der Waals surface area contributed by atoms with Crippen molar-refractivity contribution in [2.24, 2.45) is 11.7 Å². The fourth-order valence-corrected chi connectivity index (χ4v) is 3.14. The Morgan fingerprint density at radius 1 is 1.22 bits per heavy atom. The number of aryl methyl sites for hydroxylation is 1. The third-order valence-electron chi connectivity index (χ3n) is 4.72. The van der Waals surface area contributed by atoms with Crippen LogP contribution in [0, 0.1) is 12.8 Å². The van der Waals surface area contributed by atoms with Crippen LogP contribution in [0.5, 0.6) is 11.5 Å². The monoisotopic (exact) mass is 368 g/mol. The van der Waals surface area contributed by atoms with Gasteiger partial charge in [-0.3, -0.25) is 14.6 Å². The van der Waals surface area contributed by atoms with Gasteiger partial charge in [0.15, 0.2) is 0 Å². The molecule has 2 aromatic rings. The lowest BCUT2D eigenvalue weighted by Gasteiger charge is -2.14. The maximum absolute atomic E-state index is 12.4. The Balaban J connectivity index is 1.74. The molecule has 142 valence electrons. The average molecular weight is 368 g/mol. The maximum atomic E-state index is 12.4. The van der Waals surface area contributed by atoms with Gasteiger partial charge in [0.05, 0.1) is 0 Å². The molecule has 0 bridgehead atoms. The van der Waals surface area contributed by atoms with Crippen LogP contribution in [-0.2, 0) is 4.79 Å². The summed E-state index contributed by atoms with van der Waals surface area (Å²) < 4.78 is 5.92. The maximum Gasteiger partial charge on any atom is 0.269 e. The molecule has 1 aliphatic carbocycles. The van der Waals surface area contributed by atoms with Crippen LogP contribution < -0.4 is 21.1 Å². The van der Waals surface area contributed by atoms with Gasteiger partial charge in [0.1, 0.15) is 17.2 Å². The summed E-state index contributed by atoms with van der Waals surface area (Å²) in [4.78, 5) is 28.2. The van der Waals surface area contributed by atoms with Gasteiger partial charge < -0.3 is 21.1 Å². The number of carbonyl (C=O) groups excluding carboxylic acids is 2. The first-order valence-corrected chi connectivity index (χ1v) is 8.99. The first-order valence-electron chi connectivity index (χ1n) is 8.99. The number of nitrogens with one attached hydrogen (secondary N) is 2. The Morgan fingerprint density at radius 3 is 2.74 bits per heavy atom. The van der Waals surface area contributed by atoms with Crippen LogP contribution in [0.3, 0.4) is 0 Å². The Kier molecular flexibility index (Phi) is 5.71. The number of rotatable bonds is 5. The molecule has 1 fully saturated rings. The minimum absolute atomic E-state index is 0.0106. The molecule has 7 heteroatoms. The average Bonchev–Trinajstić information content (AvgIpc) is 3.10. The van der Waals surface area contributed by atoms with E-state index in [2.05, 4.69) is 15.6 Å². The van der Waals surface area contributed by atoms with Crippen molar-refractivity contribution >= 4 is 17.5 Å². The summed E-state index contributed by atoms with van der Waals surface area (Å²) in [6.07, 6.45) is 3.95. The zero-order valence-electron chi connectivity index (χ0n) is 15.5. The predicted molar refractivity (Wildman–Crippen MR) is 103 cm³/mol. The molecule has 2 unspecified atom stereocenters. The Bertz CT molecular complexity index is 853. The number of aromatic nitrogens is 1. The van der Waals surface area contributed by atoms with Gasteiger partial charge in [-0.25, -0.2) is 0 Å². The number of nitrogens with two attached hydrogens (primary N) is 1. The molecule has 3 rings (SSSR count). The first kappa shape index (κ1) is 18.8. The van der Waals surface area contributed by atoms with Gasteiger partial charge in [-0.05, 0) is 43.9 Å². The third-order valence-corrected chi connectivity index (χ3v) is 4.72. The molecule has 1 aromatic heterocycles. The zero-order chi connectivity index (χ0) is 19.4. The minimum atomic E-state index is -0.284. The topological polar surface area (TPSA) is 106 Å². The zero-order valence-corrected chi connectivity index (χ0v) is 15.5. The van der Waals surface area contributed by atoms with E-state index in [1.165, 1.54) is 6.20 Å². The molecule has 2 atom stereocenters. The van der Waals surface area contributed by atoms with E-state index in [-0.39, 0.29) is 29.5 Å². The molecule has 1 aromatic carbocycles. The van der Waals surface area contributed by atoms with Crippen LogP contribution in [0.4, 0.5) is 5.69 Å². The van der Waals surface area contributed by atoms with Crippen molar-refractivity contribution in [1.82, 2.24) is 10.3 Å². The highest BCUT2D eigenvalue weighted by atomic mass is 16.5. The van der Waals surface area contributed by atoms with Crippen molar-refractivity contribution < 1.29 is 14.3 Å². The molecule has 0 radical (unpaired) electrons. The summed E-state index contributed by atoms with van der Waals surface area (Å²) in [5.74, 6) is 0.763. The standard InChI is InChI=1S/C20H24N4O3/c1-12-3-6-15(24-19(25)13-4-5-14(21)9-13)10-18(12)27-16-7-8-23-17(11-16)20(26)22-2/h3,6-8,10-11,13-14H,4-5,9,21H2,1-2H3,(H,22,26)(H,24,25). The summed E-state index contributed by atoms with van der Waals surface area (Å²) in [7, 11) is 1.55. The van der Waals surface area contributed by atoms with Crippen molar-refractivity contribution in [1.29, 1.82) is 0 Å². The molecule has 1 saturated carbocycles.